The van der Waals surface area contributed by atoms with Crippen molar-refractivity contribution in [2.45, 2.75) is 44.8 Å². The molecule has 1 heterocycles. The lowest BCUT2D eigenvalue weighted by Crippen LogP contribution is -2.23. The van der Waals surface area contributed by atoms with E-state index in [0.717, 1.165) is 49.0 Å². The van der Waals surface area contributed by atoms with E-state index >= 15 is 0 Å². The lowest BCUT2D eigenvalue weighted by atomic mass is 10.0. The molecule has 200 valence electrons. The molecule has 0 saturated carbocycles. The fourth-order valence-electron chi connectivity index (χ4n) is 4.60. The van der Waals surface area contributed by atoms with E-state index in [9.17, 15) is 9.90 Å². The van der Waals surface area contributed by atoms with Crippen LogP contribution in [0.15, 0.2) is 89.7 Å². The number of aliphatic hydroxyl groups is 1. The number of aromatic nitrogens is 1. The molecule has 1 atom stereocenters. The van der Waals surface area contributed by atoms with Gasteiger partial charge in [0, 0.05) is 18.0 Å². The molecule has 0 aliphatic carbocycles. The van der Waals surface area contributed by atoms with Crippen molar-refractivity contribution in [3.8, 4) is 5.75 Å². The Morgan fingerprint density at radius 3 is 2.16 bits per heavy atom. The lowest BCUT2D eigenvalue weighted by molar-refractivity contribution is 0.176. The summed E-state index contributed by atoms with van der Waals surface area (Å²) in [6, 6.07) is 27.4. The summed E-state index contributed by atoms with van der Waals surface area (Å²) in [5.41, 5.74) is 3.62. The molecule has 0 amide bonds. The molecule has 3 aromatic carbocycles. The quantitative estimate of drug-likeness (QED) is 0.156. The van der Waals surface area contributed by atoms with Crippen LogP contribution in [0.1, 0.15) is 48.5 Å². The second-order valence-corrected chi connectivity index (χ2v) is 9.66. The molecule has 0 bridgehead atoms. The SMILES string of the molecule is O=c1ccc2c([C@@H](O)CNCCCCCCNCCc3ccccc3)ccc(OCc3ccccc3)c2[nH]1. The van der Waals surface area contributed by atoms with Crippen molar-refractivity contribution < 1.29 is 9.84 Å². The Balaban J connectivity index is 1.16. The lowest BCUT2D eigenvalue weighted by Gasteiger charge is -2.17. The summed E-state index contributed by atoms with van der Waals surface area (Å²) in [5.74, 6) is 0.597. The first kappa shape index (κ1) is 27.6. The zero-order chi connectivity index (χ0) is 26.4. The molecule has 0 aliphatic rings. The third-order valence-corrected chi connectivity index (χ3v) is 6.71. The minimum Gasteiger partial charge on any atom is -0.487 e. The van der Waals surface area contributed by atoms with Gasteiger partial charge in [-0.15, -0.1) is 0 Å². The monoisotopic (exact) mass is 513 g/mol. The van der Waals surface area contributed by atoms with Gasteiger partial charge >= 0.3 is 0 Å². The Bertz CT molecular complexity index is 1290. The van der Waals surface area contributed by atoms with E-state index in [4.69, 9.17) is 4.74 Å². The highest BCUT2D eigenvalue weighted by Gasteiger charge is 2.15. The Morgan fingerprint density at radius 1 is 0.737 bits per heavy atom. The number of hydrogen-bond donors (Lipinski definition) is 4. The molecular weight excluding hydrogens is 474 g/mol. The first-order valence-electron chi connectivity index (χ1n) is 13.7. The highest BCUT2D eigenvalue weighted by Crippen LogP contribution is 2.30. The molecule has 4 aromatic rings. The normalized spacial score (nSPS) is 12.0. The third kappa shape index (κ3) is 8.55. The van der Waals surface area contributed by atoms with Gasteiger partial charge in [0.25, 0.3) is 0 Å². The second-order valence-electron chi connectivity index (χ2n) is 9.66. The number of hydrogen-bond acceptors (Lipinski definition) is 5. The molecule has 0 spiro atoms. The van der Waals surface area contributed by atoms with Gasteiger partial charge in [0.05, 0.1) is 11.6 Å². The van der Waals surface area contributed by atoms with Crippen molar-refractivity contribution in [3.05, 3.63) is 112 Å². The van der Waals surface area contributed by atoms with Crippen molar-refractivity contribution in [2.24, 2.45) is 0 Å². The number of nitrogens with one attached hydrogen (secondary N) is 3. The van der Waals surface area contributed by atoms with Crippen molar-refractivity contribution in [3.63, 3.8) is 0 Å². The van der Waals surface area contributed by atoms with Gasteiger partial charge < -0.3 is 25.5 Å². The molecule has 1 aromatic heterocycles. The van der Waals surface area contributed by atoms with Gasteiger partial charge in [-0.2, -0.15) is 0 Å². The average molecular weight is 514 g/mol. The van der Waals surface area contributed by atoms with E-state index in [2.05, 4.69) is 45.9 Å². The van der Waals surface area contributed by atoms with Crippen LogP contribution >= 0.6 is 0 Å². The molecule has 0 aliphatic heterocycles. The van der Waals surface area contributed by atoms with E-state index in [1.54, 1.807) is 6.07 Å². The van der Waals surface area contributed by atoms with E-state index in [-0.39, 0.29) is 5.56 Å². The topological polar surface area (TPSA) is 86.4 Å². The third-order valence-electron chi connectivity index (χ3n) is 6.71. The predicted octanol–water partition coefficient (Wildman–Crippen LogP) is 5.12. The number of H-pyrrole nitrogens is 1. The van der Waals surface area contributed by atoms with Gasteiger partial charge in [0.15, 0.2) is 0 Å². The Hall–Kier alpha value is -3.45. The van der Waals surface area contributed by atoms with Crippen molar-refractivity contribution in [1.82, 2.24) is 15.6 Å². The molecule has 0 radical (unpaired) electrons. The first-order valence-corrected chi connectivity index (χ1v) is 13.7. The minimum atomic E-state index is -0.680. The summed E-state index contributed by atoms with van der Waals surface area (Å²) in [4.78, 5) is 14.9. The number of fused-ring (bicyclic) bond motifs is 1. The maximum Gasteiger partial charge on any atom is 0.248 e. The Morgan fingerprint density at radius 2 is 1.42 bits per heavy atom. The van der Waals surface area contributed by atoms with Gasteiger partial charge in [0.2, 0.25) is 5.56 Å². The predicted molar refractivity (Wildman–Crippen MR) is 155 cm³/mol. The maximum atomic E-state index is 12.0. The number of aromatic amines is 1. The largest absolute Gasteiger partial charge is 0.487 e. The number of aliphatic hydroxyl groups excluding tert-OH is 1. The van der Waals surface area contributed by atoms with Crippen LogP contribution in [0.5, 0.6) is 5.75 Å². The summed E-state index contributed by atoms with van der Waals surface area (Å²) < 4.78 is 6.01. The summed E-state index contributed by atoms with van der Waals surface area (Å²) in [6.07, 6.45) is 5.02. The van der Waals surface area contributed by atoms with E-state index in [0.29, 0.717) is 24.4 Å². The van der Waals surface area contributed by atoms with Crippen LogP contribution < -0.4 is 20.9 Å². The molecule has 4 rings (SSSR count). The van der Waals surface area contributed by atoms with Gasteiger partial charge in [-0.3, -0.25) is 4.79 Å². The van der Waals surface area contributed by atoms with Crippen molar-refractivity contribution in [1.29, 1.82) is 0 Å². The van der Waals surface area contributed by atoms with Crippen LogP contribution in [0.3, 0.4) is 0 Å². The van der Waals surface area contributed by atoms with E-state index in [1.807, 2.05) is 42.5 Å². The zero-order valence-electron chi connectivity index (χ0n) is 22.0. The number of benzene rings is 3. The summed E-state index contributed by atoms with van der Waals surface area (Å²) in [7, 11) is 0. The number of pyridine rings is 1. The molecule has 6 heteroatoms. The smallest absolute Gasteiger partial charge is 0.248 e. The van der Waals surface area contributed by atoms with E-state index in [1.165, 1.54) is 30.9 Å². The molecule has 38 heavy (non-hydrogen) atoms. The highest BCUT2D eigenvalue weighted by molar-refractivity contribution is 5.87. The number of rotatable bonds is 16. The van der Waals surface area contributed by atoms with Crippen LogP contribution in [0.4, 0.5) is 0 Å². The van der Waals surface area contributed by atoms with Gasteiger partial charge in [-0.25, -0.2) is 0 Å². The molecule has 0 unspecified atom stereocenters. The minimum absolute atomic E-state index is 0.196. The molecule has 0 fully saturated rings. The molecule has 0 saturated heterocycles. The standard InChI is InChI=1S/C32H39N3O3/c36-29(23-34-21-10-2-1-9-20-33-22-19-25-11-5-3-6-12-25)27-15-17-30(32-28(27)16-18-31(37)35-32)38-24-26-13-7-4-8-14-26/h3-8,11-18,29,33-34,36H,1-2,9-10,19-24H2,(H,35,37)/t29-/m0/s1. The summed E-state index contributed by atoms with van der Waals surface area (Å²) in [5, 5.41) is 18.6. The number of ether oxygens (including phenoxy) is 1. The highest BCUT2D eigenvalue weighted by atomic mass is 16.5. The average Bonchev–Trinajstić information content (AvgIpc) is 2.95. The fraction of sp³-hybridized carbons (Fsp3) is 0.344. The van der Waals surface area contributed by atoms with Gasteiger partial charge in [-0.1, -0.05) is 79.6 Å². The number of unbranched alkanes of at least 4 members (excludes halogenated alkanes) is 3. The Kier molecular flexibility index (Phi) is 10.9. The van der Waals surface area contributed by atoms with Crippen LogP contribution in [-0.4, -0.2) is 36.3 Å². The van der Waals surface area contributed by atoms with Crippen molar-refractivity contribution in [2.75, 3.05) is 26.2 Å². The van der Waals surface area contributed by atoms with Crippen LogP contribution in [0.2, 0.25) is 0 Å². The Labute approximate surface area is 225 Å². The van der Waals surface area contributed by atoms with E-state index < -0.39 is 6.10 Å². The zero-order valence-corrected chi connectivity index (χ0v) is 22.0. The van der Waals surface area contributed by atoms with Gasteiger partial charge in [-0.05, 0) is 67.7 Å². The van der Waals surface area contributed by atoms with Crippen LogP contribution in [0, 0.1) is 0 Å². The summed E-state index contributed by atoms with van der Waals surface area (Å²) in [6.45, 7) is 3.80. The maximum absolute atomic E-state index is 12.0. The summed E-state index contributed by atoms with van der Waals surface area (Å²) >= 11 is 0. The van der Waals surface area contributed by atoms with Crippen molar-refractivity contribution >= 4 is 10.9 Å². The van der Waals surface area contributed by atoms with Crippen LogP contribution in [0.25, 0.3) is 10.9 Å². The molecule has 4 N–H and O–H groups in total. The second kappa shape index (κ2) is 15.1. The van der Waals surface area contributed by atoms with Gasteiger partial charge in [0.1, 0.15) is 12.4 Å². The fourth-order valence-corrected chi connectivity index (χ4v) is 4.60. The molecular formula is C32H39N3O3. The first-order chi connectivity index (χ1) is 18.7. The molecule has 6 nitrogen and oxygen atoms in total. The van der Waals surface area contributed by atoms with Crippen LogP contribution in [-0.2, 0) is 13.0 Å².